The number of halogens is 1. The first-order valence-electron chi connectivity index (χ1n) is 14.2. The highest BCUT2D eigenvalue weighted by atomic mass is 32.2. The molecule has 2 aliphatic rings. The fourth-order valence-electron chi connectivity index (χ4n) is 5.72. The predicted molar refractivity (Wildman–Crippen MR) is 174 cm³/mol. The van der Waals surface area contributed by atoms with Crippen LogP contribution in [0.3, 0.4) is 0 Å². The number of rotatable bonds is 6. The van der Waals surface area contributed by atoms with Gasteiger partial charge in [-0.15, -0.1) is 0 Å². The summed E-state index contributed by atoms with van der Waals surface area (Å²) in [6, 6.07) is 18.2. The van der Waals surface area contributed by atoms with Crippen molar-refractivity contribution in [1.82, 2.24) is 4.57 Å². The summed E-state index contributed by atoms with van der Waals surface area (Å²) in [5, 5.41) is 7.32. The molecule has 238 valence electrons. The molecule has 10 nitrogen and oxygen atoms in total. The van der Waals surface area contributed by atoms with Crippen LogP contribution in [0.4, 0.5) is 15.8 Å². The lowest BCUT2D eigenvalue weighted by Crippen LogP contribution is -2.33. The number of imide groups is 1. The zero-order chi connectivity index (χ0) is 33.1. The minimum Gasteiger partial charge on any atom is -0.325 e. The van der Waals surface area contributed by atoms with E-state index in [0.29, 0.717) is 15.6 Å². The number of fused-ring (bicyclic) bond motifs is 2. The van der Waals surface area contributed by atoms with Gasteiger partial charge >= 0.3 is 4.87 Å². The van der Waals surface area contributed by atoms with Crippen molar-refractivity contribution in [3.05, 3.63) is 104 Å². The van der Waals surface area contributed by atoms with Crippen LogP contribution in [-0.2, 0) is 36.4 Å². The van der Waals surface area contributed by atoms with Crippen LogP contribution < -0.4 is 20.2 Å². The van der Waals surface area contributed by atoms with Crippen LogP contribution >= 0.6 is 23.1 Å². The highest BCUT2D eigenvalue weighted by molar-refractivity contribution is 8.00. The third-order valence-corrected chi connectivity index (χ3v) is 11.6. The van der Waals surface area contributed by atoms with Crippen molar-refractivity contribution < 1.29 is 27.2 Å². The molecule has 4 aromatic rings. The van der Waals surface area contributed by atoms with E-state index in [1.165, 1.54) is 53.1 Å². The Bertz CT molecular complexity index is 2030. The quantitative estimate of drug-likeness (QED) is 0.286. The average Bonchev–Trinajstić information content (AvgIpc) is 3.43. The van der Waals surface area contributed by atoms with E-state index in [9.17, 15) is 32.0 Å². The number of carbonyl (C=O) groups is 3. The first kappa shape index (κ1) is 31.9. The Morgan fingerprint density at radius 3 is 2.15 bits per heavy atom. The highest BCUT2D eigenvalue weighted by Crippen LogP contribution is 2.54. The molecule has 0 bridgehead atoms. The average molecular weight is 681 g/mol. The number of carbonyl (C=O) groups excluding carboxylic acids is 3. The molecular weight excluding hydrogens is 652 g/mol. The van der Waals surface area contributed by atoms with Crippen LogP contribution in [0, 0.1) is 11.7 Å². The van der Waals surface area contributed by atoms with Crippen molar-refractivity contribution in [2.45, 2.75) is 53.8 Å². The number of nitrogens with zero attached hydrogens (tertiary/aromatic N) is 2. The third-order valence-electron chi connectivity index (χ3n) is 8.04. The standard InChI is InChI=1S/C32H29FN4O6S3/c1-32(2,3)18-6-4-17(5-7-18)24-25-26(29(40)37(28(25)39)21-12-8-19(33)9-13-21)44-30-27(24)45-31(41)36(30)16-23(38)35-20-10-14-22(15-11-20)46(34,42)43/h4-15,24-26H,16H2,1-3H3,(H,35,38)(H2,34,42,43). The number of anilines is 2. The fourth-order valence-corrected chi connectivity index (χ4v) is 9.01. The van der Waals surface area contributed by atoms with Crippen LogP contribution in [-0.4, -0.2) is 36.0 Å². The number of thioether (sulfide) groups is 1. The molecule has 1 fully saturated rings. The van der Waals surface area contributed by atoms with Crippen molar-refractivity contribution in [3.63, 3.8) is 0 Å². The molecule has 3 amide bonds. The van der Waals surface area contributed by atoms with Gasteiger partial charge in [0, 0.05) is 16.5 Å². The highest BCUT2D eigenvalue weighted by Gasteiger charge is 2.56. The predicted octanol–water partition coefficient (Wildman–Crippen LogP) is 4.43. The minimum absolute atomic E-state index is 0.119. The summed E-state index contributed by atoms with van der Waals surface area (Å²) in [5.74, 6) is -3.48. The number of hydrogen-bond donors (Lipinski definition) is 2. The van der Waals surface area contributed by atoms with Crippen molar-refractivity contribution in [2.24, 2.45) is 11.1 Å². The van der Waals surface area contributed by atoms with Crippen LogP contribution in [0.25, 0.3) is 0 Å². The van der Waals surface area contributed by atoms with Gasteiger partial charge in [-0.3, -0.25) is 23.7 Å². The monoisotopic (exact) mass is 680 g/mol. The molecule has 0 spiro atoms. The molecule has 3 heterocycles. The summed E-state index contributed by atoms with van der Waals surface area (Å²) >= 11 is 2.00. The molecule has 3 N–H and O–H groups in total. The van der Waals surface area contributed by atoms with Crippen LogP contribution in [0.2, 0.25) is 0 Å². The molecule has 3 atom stereocenters. The number of amides is 3. The van der Waals surface area contributed by atoms with Gasteiger partial charge in [-0.25, -0.2) is 22.8 Å². The van der Waals surface area contributed by atoms with Crippen LogP contribution in [0.5, 0.6) is 0 Å². The SMILES string of the molecule is CC(C)(C)c1ccc(C2c3sc(=O)n(CC(=O)Nc4ccc(S(N)(=O)=O)cc4)c3SC3C(=O)N(c4ccc(F)cc4)C(=O)C32)cc1. The Hall–Kier alpha value is -4.11. The van der Waals surface area contributed by atoms with Gasteiger partial charge in [0.25, 0.3) is 0 Å². The van der Waals surface area contributed by atoms with Gasteiger partial charge in [-0.2, -0.15) is 0 Å². The summed E-state index contributed by atoms with van der Waals surface area (Å²) in [6.45, 7) is 5.86. The Morgan fingerprint density at radius 2 is 1.57 bits per heavy atom. The Labute approximate surface area is 272 Å². The first-order chi connectivity index (χ1) is 21.6. The summed E-state index contributed by atoms with van der Waals surface area (Å²) < 4.78 is 38.1. The molecule has 46 heavy (non-hydrogen) atoms. The molecule has 0 radical (unpaired) electrons. The molecule has 1 saturated heterocycles. The Morgan fingerprint density at radius 1 is 0.935 bits per heavy atom. The number of sulfonamides is 1. The van der Waals surface area contributed by atoms with Gasteiger partial charge in [0.2, 0.25) is 27.7 Å². The minimum atomic E-state index is -3.91. The summed E-state index contributed by atoms with van der Waals surface area (Å²) in [7, 11) is -3.91. The van der Waals surface area contributed by atoms with E-state index in [2.05, 4.69) is 26.1 Å². The number of thiazole rings is 1. The number of aromatic nitrogens is 1. The van der Waals surface area contributed by atoms with Gasteiger partial charge in [0.05, 0.1) is 21.5 Å². The molecule has 3 unspecified atom stereocenters. The zero-order valence-electron chi connectivity index (χ0n) is 24.9. The summed E-state index contributed by atoms with van der Waals surface area (Å²) in [6.07, 6.45) is 0. The topological polar surface area (TPSA) is 149 Å². The van der Waals surface area contributed by atoms with Gasteiger partial charge < -0.3 is 5.32 Å². The largest absolute Gasteiger partial charge is 0.325 e. The Kier molecular flexibility index (Phi) is 8.03. The lowest BCUT2D eigenvalue weighted by atomic mass is 9.81. The van der Waals surface area contributed by atoms with E-state index in [0.717, 1.165) is 39.1 Å². The van der Waals surface area contributed by atoms with E-state index in [4.69, 9.17) is 5.14 Å². The number of nitrogens with one attached hydrogen (secondary N) is 1. The van der Waals surface area contributed by atoms with Crippen molar-refractivity contribution in [3.8, 4) is 0 Å². The van der Waals surface area contributed by atoms with Crippen molar-refractivity contribution in [1.29, 1.82) is 0 Å². The van der Waals surface area contributed by atoms with Gasteiger partial charge in [0.1, 0.15) is 17.6 Å². The second-order valence-electron chi connectivity index (χ2n) is 12.1. The molecule has 0 aliphatic carbocycles. The van der Waals surface area contributed by atoms with E-state index < -0.39 is 55.5 Å². The molecule has 14 heteroatoms. The van der Waals surface area contributed by atoms with Gasteiger partial charge in [-0.1, -0.05) is 68.1 Å². The lowest BCUT2D eigenvalue weighted by Gasteiger charge is -2.31. The molecule has 6 rings (SSSR count). The normalized spacial score (nSPS) is 19.6. The number of benzene rings is 3. The fraction of sp³-hybridized carbons (Fsp3) is 0.250. The van der Waals surface area contributed by atoms with E-state index in [1.54, 1.807) is 0 Å². The second-order valence-corrected chi connectivity index (χ2v) is 15.8. The molecule has 0 saturated carbocycles. The van der Waals surface area contributed by atoms with Crippen LogP contribution in [0.15, 0.2) is 87.5 Å². The maximum Gasteiger partial charge on any atom is 0.308 e. The van der Waals surface area contributed by atoms with Crippen molar-refractivity contribution in [2.75, 3.05) is 10.2 Å². The molecule has 2 aliphatic heterocycles. The molecular formula is C32H29FN4O6S3. The maximum absolute atomic E-state index is 14.0. The van der Waals surface area contributed by atoms with E-state index >= 15 is 0 Å². The van der Waals surface area contributed by atoms with Gasteiger partial charge in [-0.05, 0) is 65.1 Å². The lowest BCUT2D eigenvalue weighted by molar-refractivity contribution is -0.122. The van der Waals surface area contributed by atoms with Crippen LogP contribution in [0.1, 0.15) is 42.7 Å². The first-order valence-corrected chi connectivity index (χ1v) is 17.4. The maximum atomic E-state index is 14.0. The third kappa shape index (κ3) is 5.81. The number of primary sulfonamides is 1. The van der Waals surface area contributed by atoms with E-state index in [-0.39, 0.29) is 22.5 Å². The molecule has 1 aromatic heterocycles. The van der Waals surface area contributed by atoms with Gasteiger partial charge in [0.15, 0.2) is 0 Å². The summed E-state index contributed by atoms with van der Waals surface area (Å²) in [4.78, 5) is 55.5. The summed E-state index contributed by atoms with van der Waals surface area (Å²) in [5.41, 5.74) is 2.24. The smallest absolute Gasteiger partial charge is 0.308 e. The Balaban J connectivity index is 1.38. The number of nitrogens with two attached hydrogens (primary N) is 1. The van der Waals surface area contributed by atoms with Crippen molar-refractivity contribution >= 4 is 62.2 Å². The second kappa shape index (κ2) is 11.6. The van der Waals surface area contributed by atoms with E-state index in [1.807, 2.05) is 24.3 Å². The number of hydrogen-bond acceptors (Lipinski definition) is 8. The molecule has 3 aromatic carbocycles. The zero-order valence-corrected chi connectivity index (χ0v) is 27.3.